The lowest BCUT2D eigenvalue weighted by molar-refractivity contribution is -0.146. The summed E-state index contributed by atoms with van der Waals surface area (Å²) in [6.45, 7) is 1.22. The summed E-state index contributed by atoms with van der Waals surface area (Å²) in [5, 5.41) is 5.90. The fraction of sp³-hybridized carbons (Fsp3) is 0.630. The molecule has 4 saturated carbocycles. The van der Waals surface area contributed by atoms with Crippen molar-refractivity contribution in [3.8, 4) is 0 Å². The maximum atomic E-state index is 13.1. The first-order chi connectivity index (χ1) is 16.8. The first kappa shape index (κ1) is 23.8. The molecular formula is C27H36N4O4. The molecule has 8 heteroatoms. The van der Waals surface area contributed by atoms with Crippen LogP contribution in [0.4, 0.5) is 5.69 Å². The summed E-state index contributed by atoms with van der Waals surface area (Å²) < 4.78 is 0. The quantitative estimate of drug-likeness (QED) is 0.555. The van der Waals surface area contributed by atoms with E-state index in [-0.39, 0.29) is 41.4 Å². The van der Waals surface area contributed by atoms with Crippen LogP contribution in [0.2, 0.25) is 0 Å². The van der Waals surface area contributed by atoms with Gasteiger partial charge in [0.15, 0.2) is 0 Å². The molecule has 4 aliphatic carbocycles. The minimum absolute atomic E-state index is 0.124. The van der Waals surface area contributed by atoms with E-state index in [0.717, 1.165) is 19.3 Å². The minimum Gasteiger partial charge on any atom is -0.369 e. The molecule has 1 aromatic carbocycles. The first-order valence-electron chi connectivity index (χ1n) is 13.1. The van der Waals surface area contributed by atoms with E-state index in [1.54, 1.807) is 29.2 Å². The molecule has 8 nitrogen and oxygen atoms in total. The van der Waals surface area contributed by atoms with E-state index in [2.05, 4.69) is 10.6 Å². The van der Waals surface area contributed by atoms with E-state index in [0.29, 0.717) is 61.5 Å². The van der Waals surface area contributed by atoms with Crippen LogP contribution in [-0.2, 0) is 14.4 Å². The fourth-order valence-electron chi connectivity index (χ4n) is 7.39. The highest BCUT2D eigenvalue weighted by atomic mass is 16.2. The maximum Gasteiger partial charge on any atom is 0.255 e. The summed E-state index contributed by atoms with van der Waals surface area (Å²) in [5.74, 6) is 1.31. The van der Waals surface area contributed by atoms with Crippen LogP contribution in [0.25, 0.3) is 0 Å². The smallest absolute Gasteiger partial charge is 0.255 e. The number of carbonyl (C=O) groups excluding carboxylic acids is 4. The van der Waals surface area contributed by atoms with E-state index in [9.17, 15) is 19.2 Å². The van der Waals surface area contributed by atoms with Crippen LogP contribution in [0.1, 0.15) is 68.1 Å². The van der Waals surface area contributed by atoms with Gasteiger partial charge < -0.3 is 21.3 Å². The van der Waals surface area contributed by atoms with Gasteiger partial charge in [0.25, 0.3) is 5.91 Å². The Morgan fingerprint density at radius 3 is 2.14 bits per heavy atom. The summed E-state index contributed by atoms with van der Waals surface area (Å²) in [6, 6.07) is 6.97. The van der Waals surface area contributed by atoms with Gasteiger partial charge in [-0.1, -0.05) is 12.1 Å². The van der Waals surface area contributed by atoms with Gasteiger partial charge in [-0.2, -0.15) is 0 Å². The molecule has 0 unspecified atom stereocenters. The second-order valence-electron chi connectivity index (χ2n) is 11.3. The van der Waals surface area contributed by atoms with Crippen LogP contribution < -0.4 is 16.4 Å². The molecule has 4 bridgehead atoms. The number of para-hydroxylation sites is 1. The van der Waals surface area contributed by atoms with Gasteiger partial charge in [-0.25, -0.2) is 0 Å². The van der Waals surface area contributed by atoms with Crippen LogP contribution >= 0.6 is 0 Å². The molecule has 4 amide bonds. The lowest BCUT2D eigenvalue weighted by Gasteiger charge is -2.55. The van der Waals surface area contributed by atoms with E-state index in [1.807, 2.05) is 0 Å². The standard InChI is InChI=1S/C27H36N4O4/c28-24(33)20-6-9-31(10-7-20)25(34)21-3-1-2-4-22(21)30-23(32)5-8-29-26(35)27-14-17-11-18(15-27)13-19(12-17)16-27/h1-4,17-20H,5-16H2,(H2,28,33)(H,29,35)(H,30,32). The van der Waals surface area contributed by atoms with Crippen molar-refractivity contribution >= 4 is 29.3 Å². The monoisotopic (exact) mass is 480 g/mol. The summed E-state index contributed by atoms with van der Waals surface area (Å²) >= 11 is 0. The molecule has 1 saturated heterocycles. The van der Waals surface area contributed by atoms with Gasteiger partial charge in [-0.15, -0.1) is 0 Å². The molecular weight excluding hydrogens is 444 g/mol. The lowest BCUT2D eigenvalue weighted by Crippen LogP contribution is -2.53. The number of piperidine rings is 1. The zero-order valence-corrected chi connectivity index (χ0v) is 20.3. The van der Waals surface area contributed by atoms with Crippen molar-refractivity contribution in [1.29, 1.82) is 0 Å². The third-order valence-electron chi connectivity index (χ3n) is 8.77. The number of hydrogen-bond donors (Lipinski definition) is 3. The first-order valence-corrected chi connectivity index (χ1v) is 13.1. The number of amides is 4. The SMILES string of the molecule is NC(=O)C1CCN(C(=O)c2ccccc2NC(=O)CCNC(=O)C23CC4CC(CC(C4)C2)C3)CC1. The van der Waals surface area contributed by atoms with Gasteiger partial charge in [0, 0.05) is 37.4 Å². The van der Waals surface area contributed by atoms with Crippen molar-refractivity contribution in [2.24, 2.45) is 34.8 Å². The van der Waals surface area contributed by atoms with Crippen molar-refractivity contribution < 1.29 is 19.2 Å². The number of likely N-dealkylation sites (tertiary alicyclic amines) is 1. The number of benzene rings is 1. The summed E-state index contributed by atoms with van der Waals surface area (Å²) in [4.78, 5) is 52.0. The minimum atomic E-state index is -0.319. The van der Waals surface area contributed by atoms with E-state index in [1.165, 1.54) is 19.3 Å². The Balaban J connectivity index is 1.13. The number of carbonyl (C=O) groups is 4. The summed E-state index contributed by atoms with van der Waals surface area (Å²) in [5.41, 5.74) is 6.07. The third kappa shape index (κ3) is 4.93. The molecule has 0 aromatic heterocycles. The van der Waals surface area contributed by atoms with Gasteiger partial charge in [0.05, 0.1) is 11.3 Å². The average Bonchev–Trinajstić information content (AvgIpc) is 2.83. The van der Waals surface area contributed by atoms with Crippen LogP contribution in [-0.4, -0.2) is 48.2 Å². The van der Waals surface area contributed by atoms with E-state index in [4.69, 9.17) is 5.73 Å². The Labute approximate surface area is 206 Å². The molecule has 0 radical (unpaired) electrons. The Morgan fingerprint density at radius 2 is 1.54 bits per heavy atom. The third-order valence-corrected chi connectivity index (χ3v) is 8.77. The van der Waals surface area contributed by atoms with E-state index < -0.39 is 0 Å². The van der Waals surface area contributed by atoms with Crippen LogP contribution in [0.15, 0.2) is 24.3 Å². The topological polar surface area (TPSA) is 122 Å². The van der Waals surface area contributed by atoms with Crippen molar-refractivity contribution in [3.63, 3.8) is 0 Å². The predicted molar refractivity (Wildman–Crippen MR) is 131 cm³/mol. The van der Waals surface area contributed by atoms with Crippen LogP contribution in [0.3, 0.4) is 0 Å². The van der Waals surface area contributed by atoms with Crippen LogP contribution in [0, 0.1) is 29.1 Å². The number of rotatable bonds is 7. The maximum absolute atomic E-state index is 13.1. The predicted octanol–water partition coefficient (Wildman–Crippen LogP) is 2.69. The number of primary amides is 1. The molecule has 5 aliphatic rings. The average molecular weight is 481 g/mol. The Hall–Kier alpha value is -2.90. The molecule has 0 atom stereocenters. The molecule has 188 valence electrons. The Morgan fingerprint density at radius 1 is 0.943 bits per heavy atom. The molecule has 1 heterocycles. The van der Waals surface area contributed by atoms with Gasteiger partial charge in [-0.05, 0) is 81.3 Å². The van der Waals surface area contributed by atoms with Gasteiger partial charge in [0.2, 0.25) is 17.7 Å². The van der Waals surface area contributed by atoms with Gasteiger partial charge >= 0.3 is 0 Å². The molecule has 1 aromatic rings. The molecule has 4 N–H and O–H groups in total. The van der Waals surface area contributed by atoms with Crippen molar-refractivity contribution in [3.05, 3.63) is 29.8 Å². The highest BCUT2D eigenvalue weighted by molar-refractivity contribution is 6.04. The molecule has 0 spiro atoms. The Bertz CT molecular complexity index is 979. The van der Waals surface area contributed by atoms with Crippen molar-refractivity contribution in [1.82, 2.24) is 10.2 Å². The molecule has 35 heavy (non-hydrogen) atoms. The van der Waals surface area contributed by atoms with Crippen molar-refractivity contribution in [2.45, 2.75) is 57.8 Å². The van der Waals surface area contributed by atoms with E-state index >= 15 is 0 Å². The van der Waals surface area contributed by atoms with Crippen molar-refractivity contribution in [2.75, 3.05) is 25.0 Å². The second kappa shape index (κ2) is 9.63. The van der Waals surface area contributed by atoms with Gasteiger partial charge in [0.1, 0.15) is 0 Å². The second-order valence-corrected chi connectivity index (χ2v) is 11.3. The lowest BCUT2D eigenvalue weighted by atomic mass is 9.49. The largest absolute Gasteiger partial charge is 0.369 e. The highest BCUT2D eigenvalue weighted by Crippen LogP contribution is 2.60. The number of nitrogens with zero attached hydrogens (tertiary/aromatic N) is 1. The zero-order chi connectivity index (χ0) is 24.6. The number of anilines is 1. The molecule has 5 fully saturated rings. The summed E-state index contributed by atoms with van der Waals surface area (Å²) in [7, 11) is 0. The highest BCUT2D eigenvalue weighted by Gasteiger charge is 2.54. The molecule has 1 aliphatic heterocycles. The Kier molecular flexibility index (Phi) is 6.55. The van der Waals surface area contributed by atoms with Gasteiger partial charge in [-0.3, -0.25) is 19.2 Å². The van der Waals surface area contributed by atoms with Crippen LogP contribution in [0.5, 0.6) is 0 Å². The fourth-order valence-corrected chi connectivity index (χ4v) is 7.39. The zero-order valence-electron chi connectivity index (χ0n) is 20.3. The number of hydrogen-bond acceptors (Lipinski definition) is 4. The normalized spacial score (nSPS) is 29.6. The molecule has 6 rings (SSSR count). The summed E-state index contributed by atoms with van der Waals surface area (Å²) in [6.07, 6.45) is 8.14. The number of nitrogens with one attached hydrogen (secondary N) is 2. The number of nitrogens with two attached hydrogens (primary N) is 1.